The smallest absolute Gasteiger partial charge is 0.251 e. The maximum absolute atomic E-state index is 13.0. The van der Waals surface area contributed by atoms with E-state index in [4.69, 9.17) is 0 Å². The second-order valence-corrected chi connectivity index (χ2v) is 6.26. The molecule has 0 bridgehead atoms. The number of nitrogens with one attached hydrogen (secondary N) is 2. The highest BCUT2D eigenvalue weighted by Crippen LogP contribution is 2.22. The summed E-state index contributed by atoms with van der Waals surface area (Å²) in [5, 5.41) is 6.06. The summed E-state index contributed by atoms with van der Waals surface area (Å²) >= 11 is 0. The van der Waals surface area contributed by atoms with Crippen LogP contribution in [0.1, 0.15) is 23.2 Å². The van der Waals surface area contributed by atoms with E-state index >= 15 is 0 Å². The van der Waals surface area contributed by atoms with Crippen molar-refractivity contribution in [2.45, 2.75) is 18.9 Å². The van der Waals surface area contributed by atoms with Gasteiger partial charge in [-0.2, -0.15) is 0 Å². The van der Waals surface area contributed by atoms with Gasteiger partial charge in [-0.15, -0.1) is 0 Å². The number of rotatable bonds is 5. The molecule has 1 aromatic heterocycles. The Morgan fingerprint density at radius 1 is 1.00 bits per heavy atom. The van der Waals surface area contributed by atoms with E-state index in [1.807, 2.05) is 12.1 Å². The zero-order chi connectivity index (χ0) is 17.9. The molecule has 6 heteroatoms. The number of amides is 1. The summed E-state index contributed by atoms with van der Waals surface area (Å²) in [6.45, 7) is 0. The molecule has 1 fully saturated rings. The van der Waals surface area contributed by atoms with Gasteiger partial charge in [-0.25, -0.2) is 14.4 Å². The van der Waals surface area contributed by atoms with Crippen molar-refractivity contribution in [3.63, 3.8) is 0 Å². The Labute approximate surface area is 150 Å². The van der Waals surface area contributed by atoms with Crippen molar-refractivity contribution in [2.24, 2.45) is 0 Å². The number of halogens is 1. The molecule has 0 radical (unpaired) electrons. The second kappa shape index (κ2) is 6.92. The molecule has 0 unspecified atom stereocenters. The standard InChI is InChI=1S/C20H17FN4O/c21-16-6-4-13(5-7-16)15-11-22-20(23-12-15)25-18-3-1-2-14(10-18)19(26)24-17-8-9-17/h1-7,10-12,17H,8-9H2,(H,24,26)(H,22,23,25). The van der Waals surface area contributed by atoms with Gasteiger partial charge in [-0.05, 0) is 48.7 Å². The van der Waals surface area contributed by atoms with Crippen molar-refractivity contribution in [3.8, 4) is 11.1 Å². The third-order valence-electron chi connectivity index (χ3n) is 4.12. The van der Waals surface area contributed by atoms with Gasteiger partial charge in [0.25, 0.3) is 5.91 Å². The molecule has 2 aromatic carbocycles. The molecule has 2 N–H and O–H groups in total. The van der Waals surface area contributed by atoms with Gasteiger partial charge in [0.1, 0.15) is 5.82 Å². The van der Waals surface area contributed by atoms with Crippen molar-refractivity contribution < 1.29 is 9.18 Å². The van der Waals surface area contributed by atoms with Crippen molar-refractivity contribution >= 4 is 17.5 Å². The van der Waals surface area contributed by atoms with Crippen LogP contribution in [0.5, 0.6) is 0 Å². The number of aromatic nitrogens is 2. The van der Waals surface area contributed by atoms with Crippen LogP contribution in [0.2, 0.25) is 0 Å². The van der Waals surface area contributed by atoms with Gasteiger partial charge in [0.2, 0.25) is 5.95 Å². The molecule has 130 valence electrons. The van der Waals surface area contributed by atoms with Crippen molar-refractivity contribution in [3.05, 3.63) is 72.3 Å². The predicted octanol–water partition coefficient (Wildman–Crippen LogP) is 3.92. The number of carbonyl (C=O) groups is 1. The third-order valence-corrected chi connectivity index (χ3v) is 4.12. The topological polar surface area (TPSA) is 66.9 Å². The minimum atomic E-state index is -0.279. The zero-order valence-electron chi connectivity index (χ0n) is 13.9. The summed E-state index contributed by atoms with van der Waals surface area (Å²) in [6.07, 6.45) is 5.45. The number of hydrogen-bond donors (Lipinski definition) is 2. The minimum Gasteiger partial charge on any atom is -0.349 e. The van der Waals surface area contributed by atoms with Crippen molar-refractivity contribution in [1.82, 2.24) is 15.3 Å². The second-order valence-electron chi connectivity index (χ2n) is 6.26. The summed E-state index contributed by atoms with van der Waals surface area (Å²) in [6, 6.07) is 13.7. The molecule has 26 heavy (non-hydrogen) atoms. The number of benzene rings is 2. The Morgan fingerprint density at radius 2 is 1.73 bits per heavy atom. The molecule has 1 aliphatic rings. The van der Waals surface area contributed by atoms with Crippen LogP contribution in [0.15, 0.2) is 60.9 Å². The minimum absolute atomic E-state index is 0.0660. The summed E-state index contributed by atoms with van der Waals surface area (Å²) in [4.78, 5) is 20.7. The van der Waals surface area contributed by atoms with E-state index in [0.29, 0.717) is 17.6 Å². The average Bonchev–Trinajstić information content (AvgIpc) is 3.47. The van der Waals surface area contributed by atoms with E-state index in [2.05, 4.69) is 20.6 Å². The van der Waals surface area contributed by atoms with Gasteiger partial charge in [-0.1, -0.05) is 18.2 Å². The first-order valence-corrected chi connectivity index (χ1v) is 8.43. The summed E-state index contributed by atoms with van der Waals surface area (Å²) in [5.41, 5.74) is 2.98. The van der Waals surface area contributed by atoms with E-state index < -0.39 is 0 Å². The average molecular weight is 348 g/mol. The highest BCUT2D eigenvalue weighted by Gasteiger charge is 2.23. The van der Waals surface area contributed by atoms with Gasteiger partial charge in [0.05, 0.1) is 0 Å². The van der Waals surface area contributed by atoms with E-state index in [9.17, 15) is 9.18 Å². The Balaban J connectivity index is 1.47. The van der Waals surface area contributed by atoms with Crippen molar-refractivity contribution in [2.75, 3.05) is 5.32 Å². The Bertz CT molecular complexity index is 921. The van der Waals surface area contributed by atoms with Crippen molar-refractivity contribution in [1.29, 1.82) is 0 Å². The monoisotopic (exact) mass is 348 g/mol. The predicted molar refractivity (Wildman–Crippen MR) is 97.6 cm³/mol. The van der Waals surface area contributed by atoms with Gasteiger partial charge in [0.15, 0.2) is 0 Å². The van der Waals surface area contributed by atoms with Crippen LogP contribution in [0.4, 0.5) is 16.0 Å². The maximum atomic E-state index is 13.0. The Kier molecular flexibility index (Phi) is 4.31. The zero-order valence-corrected chi connectivity index (χ0v) is 13.9. The van der Waals surface area contributed by atoms with Crippen LogP contribution >= 0.6 is 0 Å². The molecule has 0 saturated heterocycles. The van der Waals surface area contributed by atoms with Gasteiger partial charge in [0, 0.05) is 35.2 Å². The van der Waals surface area contributed by atoms with Gasteiger partial charge >= 0.3 is 0 Å². The molecule has 3 aromatic rings. The molecule has 5 nitrogen and oxygen atoms in total. The normalized spacial score (nSPS) is 13.3. The summed E-state index contributed by atoms with van der Waals surface area (Å²) in [7, 11) is 0. The lowest BCUT2D eigenvalue weighted by Gasteiger charge is -2.08. The first kappa shape index (κ1) is 16.2. The molecule has 1 heterocycles. The summed E-state index contributed by atoms with van der Waals surface area (Å²) < 4.78 is 13.0. The lowest BCUT2D eigenvalue weighted by atomic mass is 10.1. The van der Waals surface area contributed by atoms with E-state index in [-0.39, 0.29) is 11.7 Å². The highest BCUT2D eigenvalue weighted by molar-refractivity contribution is 5.95. The highest BCUT2D eigenvalue weighted by atomic mass is 19.1. The molecule has 1 aliphatic carbocycles. The van der Waals surface area contributed by atoms with Crippen LogP contribution in [-0.4, -0.2) is 21.9 Å². The van der Waals surface area contributed by atoms with Gasteiger partial charge in [-0.3, -0.25) is 4.79 Å². The van der Waals surface area contributed by atoms with E-state index in [1.54, 1.807) is 36.7 Å². The number of nitrogens with zero attached hydrogens (tertiary/aromatic N) is 2. The fourth-order valence-electron chi connectivity index (χ4n) is 2.55. The Hall–Kier alpha value is -3.28. The van der Waals surface area contributed by atoms with E-state index in [0.717, 1.165) is 29.7 Å². The summed E-state index contributed by atoms with van der Waals surface area (Å²) in [5.74, 6) is 0.0814. The fourth-order valence-corrected chi connectivity index (χ4v) is 2.55. The van der Waals surface area contributed by atoms with Crippen LogP contribution in [0, 0.1) is 5.82 Å². The van der Waals surface area contributed by atoms with Crippen LogP contribution in [0.3, 0.4) is 0 Å². The quantitative estimate of drug-likeness (QED) is 0.733. The SMILES string of the molecule is O=C(NC1CC1)c1cccc(Nc2ncc(-c3ccc(F)cc3)cn2)c1. The lowest BCUT2D eigenvalue weighted by molar-refractivity contribution is 0.0951. The maximum Gasteiger partial charge on any atom is 0.251 e. The first-order chi connectivity index (χ1) is 12.7. The van der Waals surface area contributed by atoms with Crippen LogP contribution in [0.25, 0.3) is 11.1 Å². The molecule has 0 aliphatic heterocycles. The third kappa shape index (κ3) is 3.85. The molecular formula is C20H17FN4O. The molecular weight excluding hydrogens is 331 g/mol. The molecule has 1 saturated carbocycles. The molecule has 1 amide bonds. The number of carbonyl (C=O) groups excluding carboxylic acids is 1. The first-order valence-electron chi connectivity index (χ1n) is 8.43. The van der Waals surface area contributed by atoms with Crippen LogP contribution < -0.4 is 10.6 Å². The number of hydrogen-bond acceptors (Lipinski definition) is 4. The van der Waals surface area contributed by atoms with Gasteiger partial charge < -0.3 is 10.6 Å². The molecule has 0 atom stereocenters. The fraction of sp³-hybridized carbons (Fsp3) is 0.150. The van der Waals surface area contributed by atoms with E-state index in [1.165, 1.54) is 12.1 Å². The van der Waals surface area contributed by atoms with Crippen LogP contribution in [-0.2, 0) is 0 Å². The molecule has 4 rings (SSSR count). The Morgan fingerprint density at radius 3 is 2.42 bits per heavy atom. The lowest BCUT2D eigenvalue weighted by Crippen LogP contribution is -2.25. The molecule has 0 spiro atoms. The largest absolute Gasteiger partial charge is 0.349 e. The number of anilines is 2.